The molecule has 0 fully saturated rings. The van der Waals surface area contributed by atoms with Gasteiger partial charge in [0, 0.05) is 0 Å². The van der Waals surface area contributed by atoms with E-state index in [-0.39, 0.29) is 0 Å². The molecule has 0 aliphatic rings. The molecule has 1 N–H and O–H groups in total. The molecule has 0 saturated heterocycles. The monoisotopic (exact) mass is 222 g/mol. The lowest BCUT2D eigenvalue weighted by atomic mass is 10.5. The summed E-state index contributed by atoms with van der Waals surface area (Å²) in [6, 6.07) is 0. The molecule has 0 unspecified atom stereocenters. The normalized spacial score (nSPS) is 11.1. The Hall–Kier alpha value is 0.335. The minimum absolute atomic E-state index is 1.23. The Morgan fingerprint density at radius 2 is 1.36 bits per heavy atom. The van der Waals surface area contributed by atoms with Crippen LogP contribution in [0.15, 0.2) is 0 Å². The van der Waals surface area contributed by atoms with E-state index in [9.17, 15) is 4.89 Å². The van der Waals surface area contributed by atoms with Crippen LogP contribution in [0.2, 0.25) is 0 Å². The van der Waals surface area contributed by atoms with E-state index >= 15 is 0 Å². The third-order valence-corrected chi connectivity index (χ3v) is 3.03. The molecule has 14 heavy (non-hydrogen) atoms. The van der Waals surface area contributed by atoms with Gasteiger partial charge in [0.25, 0.3) is 0 Å². The molecule has 0 aromatic heterocycles. The van der Waals surface area contributed by atoms with Gasteiger partial charge in [-0.1, -0.05) is 0 Å². The van der Waals surface area contributed by atoms with Crippen LogP contribution in [0.25, 0.3) is 0 Å². The van der Waals surface area contributed by atoms with Crippen LogP contribution in [-0.4, -0.2) is 41.4 Å². The Morgan fingerprint density at radius 3 is 1.36 bits per heavy atom. The summed E-state index contributed by atoms with van der Waals surface area (Å²) >= 11 is 0. The summed E-state index contributed by atoms with van der Waals surface area (Å²) in [6.45, 7) is 10.5. The zero-order valence-electron chi connectivity index (χ0n) is 9.87. The van der Waals surface area contributed by atoms with Gasteiger partial charge in [-0.25, -0.2) is 7.57 Å². The highest BCUT2D eigenvalue weighted by Crippen LogP contribution is 2.44. The summed E-state index contributed by atoms with van der Waals surface area (Å²) in [5.41, 5.74) is 0. The van der Waals surface area contributed by atoms with Gasteiger partial charge < -0.3 is 9.79 Å². The van der Waals surface area contributed by atoms with Crippen LogP contribution in [0.3, 0.4) is 0 Å². The molecule has 0 aromatic rings. The summed E-state index contributed by atoms with van der Waals surface area (Å²) in [4.78, 5) is 12.0. The van der Waals surface area contributed by atoms with Crippen LogP contribution < -0.4 is 9.79 Å². The van der Waals surface area contributed by atoms with E-state index in [1.165, 1.54) is 33.9 Å². The van der Waals surface area contributed by atoms with Gasteiger partial charge in [0.2, 0.25) is 0 Å². The smallest absolute Gasteiger partial charge is 0.0763 e. The third kappa shape index (κ3) is 10.4. The lowest BCUT2D eigenvalue weighted by Crippen LogP contribution is -3.11. The van der Waals surface area contributed by atoms with E-state index in [1.807, 2.05) is 0 Å². The highest BCUT2D eigenvalue weighted by atomic mass is 31.2. The molecule has 0 saturated carbocycles. The van der Waals surface area contributed by atoms with Crippen LogP contribution in [0.5, 0.6) is 0 Å². The van der Waals surface area contributed by atoms with Gasteiger partial charge in [-0.15, -0.1) is 0 Å². The average molecular weight is 222 g/mol. The predicted molar refractivity (Wildman–Crippen MR) is 59.3 cm³/mol. The number of rotatable bonds is 5. The maximum Gasteiger partial charge on any atom is 0.0763 e. The van der Waals surface area contributed by atoms with Gasteiger partial charge in [0.05, 0.1) is 33.9 Å². The Morgan fingerprint density at radius 1 is 1.07 bits per heavy atom. The van der Waals surface area contributed by atoms with Crippen molar-refractivity contribution in [2.75, 3.05) is 33.9 Å². The van der Waals surface area contributed by atoms with Crippen molar-refractivity contribution in [3.63, 3.8) is 0 Å². The van der Waals surface area contributed by atoms with Crippen molar-refractivity contribution in [1.82, 2.24) is 0 Å². The van der Waals surface area contributed by atoms with Gasteiger partial charge >= 0.3 is 0 Å². The van der Waals surface area contributed by atoms with Gasteiger partial charge in [0.1, 0.15) is 0 Å². The van der Waals surface area contributed by atoms with Crippen LogP contribution in [0, 0.1) is 0 Å². The molecule has 0 bridgehead atoms. The molecule has 0 rings (SSSR count). The van der Waals surface area contributed by atoms with E-state index in [1.54, 1.807) is 4.90 Å². The first-order chi connectivity index (χ1) is 6.47. The van der Waals surface area contributed by atoms with Crippen molar-refractivity contribution in [3.05, 3.63) is 0 Å². The zero-order chi connectivity index (χ0) is 11.6. The quantitative estimate of drug-likeness (QED) is 0.500. The van der Waals surface area contributed by atoms with Crippen molar-refractivity contribution in [1.29, 1.82) is 0 Å². The van der Waals surface area contributed by atoms with Gasteiger partial charge in [0.15, 0.2) is 0 Å². The summed E-state index contributed by atoms with van der Waals surface area (Å²) < 4.78 is 8.40. The van der Waals surface area contributed by atoms with Crippen molar-refractivity contribution in [2.24, 2.45) is 0 Å². The molecule has 4 nitrogen and oxygen atoms in total. The first-order valence-corrected chi connectivity index (χ1v) is 6.42. The molecular formula is C8H22BNO3P. The van der Waals surface area contributed by atoms with E-state index in [2.05, 4.69) is 29.8 Å². The molecular weight excluding hydrogens is 200 g/mol. The van der Waals surface area contributed by atoms with E-state index in [0.29, 0.717) is 0 Å². The van der Waals surface area contributed by atoms with Crippen LogP contribution >= 0.6 is 7.82 Å². The zero-order valence-corrected chi connectivity index (χ0v) is 10.8. The SMILES string of the molecule is CC[NH+](CC)CC.[B-][P+]([O-])(OC)OC. The molecule has 0 aliphatic heterocycles. The molecule has 0 atom stereocenters. The molecule has 0 aliphatic carbocycles. The number of quaternary nitrogens is 1. The molecule has 0 aromatic carbocycles. The molecule has 0 amide bonds. The van der Waals surface area contributed by atoms with Crippen LogP contribution in [0.4, 0.5) is 0 Å². The van der Waals surface area contributed by atoms with Gasteiger partial charge in [-0.3, -0.25) is 9.05 Å². The summed E-state index contributed by atoms with van der Waals surface area (Å²) in [5.74, 6) is 0. The topological polar surface area (TPSA) is 46.0 Å². The van der Waals surface area contributed by atoms with E-state index in [4.69, 9.17) is 7.57 Å². The number of hydrogen-bond donors (Lipinski definition) is 1. The molecule has 85 valence electrons. The summed E-state index contributed by atoms with van der Waals surface area (Å²) in [7, 11) is 4.12. The molecule has 0 heterocycles. The van der Waals surface area contributed by atoms with Gasteiger partial charge in [-0.05, 0) is 28.6 Å². The first-order valence-electron chi connectivity index (χ1n) is 4.80. The minimum Gasteiger partial charge on any atom is -0.675 e. The Labute approximate surface area is 89.5 Å². The lowest BCUT2D eigenvalue weighted by molar-refractivity contribution is -0.894. The highest BCUT2D eigenvalue weighted by Gasteiger charge is 1.97. The fourth-order valence-electron chi connectivity index (χ4n) is 0.825. The molecule has 3 radical (unpaired) electrons. The van der Waals surface area contributed by atoms with Crippen molar-refractivity contribution < 1.29 is 18.8 Å². The Bertz CT molecular complexity index is 112. The third-order valence-electron chi connectivity index (χ3n) is 2.01. The lowest BCUT2D eigenvalue weighted by Gasteiger charge is -2.33. The fourth-order valence-corrected chi connectivity index (χ4v) is 0.974. The first kappa shape index (κ1) is 16.8. The maximum absolute atomic E-state index is 10.3. The summed E-state index contributed by atoms with van der Waals surface area (Å²) in [5, 5.41) is 0. The summed E-state index contributed by atoms with van der Waals surface area (Å²) in [6.07, 6.45) is 0. The molecule has 6 heteroatoms. The molecule has 0 spiro atoms. The number of nitrogens with one attached hydrogen (secondary N) is 1. The van der Waals surface area contributed by atoms with Crippen LogP contribution in [0.1, 0.15) is 20.8 Å². The van der Waals surface area contributed by atoms with E-state index in [0.717, 1.165) is 0 Å². The second-order valence-corrected chi connectivity index (χ2v) is 4.53. The Balaban J connectivity index is 0. The Kier molecular flexibility index (Phi) is 11.8. The van der Waals surface area contributed by atoms with Gasteiger partial charge in [-0.2, -0.15) is 0 Å². The predicted octanol–water partition coefficient (Wildman–Crippen LogP) is -0.583. The maximum atomic E-state index is 10.3. The van der Waals surface area contributed by atoms with E-state index < -0.39 is 7.82 Å². The van der Waals surface area contributed by atoms with Crippen molar-refractivity contribution in [2.45, 2.75) is 20.8 Å². The second-order valence-electron chi connectivity index (χ2n) is 2.72. The second kappa shape index (κ2) is 9.87. The highest BCUT2D eigenvalue weighted by molar-refractivity contribution is 7.83. The standard InChI is InChI=1S/C6H15N.C2H6BO3P/c1-4-7(5-2)6-3;1-5-7(3,4)6-2/h4-6H2,1-3H3;1-2H3/q;-1/p+1. The van der Waals surface area contributed by atoms with Crippen molar-refractivity contribution in [3.8, 4) is 0 Å². The minimum atomic E-state index is -3.15. The fraction of sp³-hybridized carbons (Fsp3) is 1.00. The average Bonchev–Trinajstić information content (AvgIpc) is 2.21. The van der Waals surface area contributed by atoms with Crippen molar-refractivity contribution >= 4 is 15.4 Å². The largest absolute Gasteiger partial charge is 0.675 e. The number of hydrogen-bond acceptors (Lipinski definition) is 3. The van der Waals surface area contributed by atoms with Crippen LogP contribution in [-0.2, 0) is 9.05 Å².